The molecule has 25 heavy (non-hydrogen) atoms. The van der Waals surface area contributed by atoms with Crippen molar-refractivity contribution in [1.82, 2.24) is 9.99 Å². The molecule has 0 saturated heterocycles. The predicted molar refractivity (Wildman–Crippen MR) is 95.3 cm³/mol. The van der Waals surface area contributed by atoms with Gasteiger partial charge >= 0.3 is 0 Å². The van der Waals surface area contributed by atoms with Crippen molar-refractivity contribution < 1.29 is 9.90 Å². The van der Waals surface area contributed by atoms with E-state index in [9.17, 15) is 9.90 Å². The molecule has 0 atom stereocenters. The van der Waals surface area contributed by atoms with Gasteiger partial charge in [-0.25, -0.2) is 5.43 Å². The van der Waals surface area contributed by atoms with Gasteiger partial charge in [0, 0.05) is 34.8 Å². The number of rotatable bonds is 5. The summed E-state index contributed by atoms with van der Waals surface area (Å²) in [4.78, 5) is 12.0. The van der Waals surface area contributed by atoms with Crippen molar-refractivity contribution in [2.24, 2.45) is 5.10 Å². The van der Waals surface area contributed by atoms with Crippen molar-refractivity contribution >= 4 is 23.0 Å². The minimum atomic E-state index is -0.357. The fourth-order valence-electron chi connectivity index (χ4n) is 2.57. The molecule has 0 radical (unpaired) electrons. The third kappa shape index (κ3) is 3.67. The number of nitriles is 1. The van der Waals surface area contributed by atoms with E-state index in [0.717, 1.165) is 16.5 Å². The highest BCUT2D eigenvalue weighted by Crippen LogP contribution is 2.20. The van der Waals surface area contributed by atoms with Crippen molar-refractivity contribution in [3.63, 3.8) is 0 Å². The highest BCUT2D eigenvalue weighted by atomic mass is 16.3. The number of hydrogen-bond donors (Lipinski definition) is 2. The molecule has 1 aromatic heterocycles. The molecule has 2 aromatic carbocycles. The van der Waals surface area contributed by atoms with Crippen LogP contribution in [0.4, 0.5) is 0 Å². The molecule has 2 N–H and O–H groups in total. The maximum absolute atomic E-state index is 12.0. The van der Waals surface area contributed by atoms with E-state index in [-0.39, 0.29) is 11.7 Å². The first kappa shape index (κ1) is 16.3. The molecule has 3 aromatic rings. The highest BCUT2D eigenvalue weighted by Gasteiger charge is 2.07. The molecule has 0 aliphatic heterocycles. The molecule has 6 nitrogen and oxygen atoms in total. The topological polar surface area (TPSA) is 90.4 Å². The van der Waals surface area contributed by atoms with Gasteiger partial charge in [0.25, 0.3) is 5.91 Å². The second kappa shape index (κ2) is 7.32. The van der Waals surface area contributed by atoms with E-state index in [4.69, 9.17) is 5.26 Å². The Bertz CT molecular complexity index is 965. The van der Waals surface area contributed by atoms with Gasteiger partial charge in [0.05, 0.1) is 18.7 Å². The second-order valence-corrected chi connectivity index (χ2v) is 5.45. The van der Waals surface area contributed by atoms with Crippen LogP contribution in [0, 0.1) is 11.3 Å². The number of amides is 1. The van der Waals surface area contributed by atoms with Crippen LogP contribution in [0.2, 0.25) is 0 Å². The Labute approximate surface area is 144 Å². The molecule has 6 heteroatoms. The summed E-state index contributed by atoms with van der Waals surface area (Å²) in [6.45, 7) is 0.602. The van der Waals surface area contributed by atoms with Crippen molar-refractivity contribution in [3.05, 3.63) is 65.9 Å². The number of hydrazone groups is 1. The van der Waals surface area contributed by atoms with Gasteiger partial charge < -0.3 is 9.67 Å². The maximum atomic E-state index is 12.0. The molecule has 1 heterocycles. The van der Waals surface area contributed by atoms with Gasteiger partial charge in [-0.05, 0) is 30.3 Å². The second-order valence-electron chi connectivity index (χ2n) is 5.45. The van der Waals surface area contributed by atoms with Crippen LogP contribution < -0.4 is 5.43 Å². The van der Waals surface area contributed by atoms with Crippen LogP contribution in [0.3, 0.4) is 0 Å². The zero-order chi connectivity index (χ0) is 17.6. The number of aromatic hydroxyl groups is 1. The zero-order valence-electron chi connectivity index (χ0n) is 13.4. The average molecular weight is 332 g/mol. The molecule has 0 spiro atoms. The summed E-state index contributed by atoms with van der Waals surface area (Å²) in [5, 5.41) is 23.0. The molecule has 0 fully saturated rings. The minimum Gasteiger partial charge on any atom is -0.508 e. The van der Waals surface area contributed by atoms with Crippen LogP contribution in [0.1, 0.15) is 22.3 Å². The number of fused-ring (bicyclic) bond motifs is 1. The molecule has 0 bridgehead atoms. The van der Waals surface area contributed by atoms with Crippen LogP contribution in [0.25, 0.3) is 10.9 Å². The van der Waals surface area contributed by atoms with Gasteiger partial charge in [-0.3, -0.25) is 4.79 Å². The molecule has 0 saturated carbocycles. The minimum absolute atomic E-state index is 0.102. The Balaban J connectivity index is 1.78. The lowest BCUT2D eigenvalue weighted by Crippen LogP contribution is -2.17. The SMILES string of the molecule is N#CCCn1cc(/C=N\NC(=O)c2ccc(O)cc2)c2ccccc21. The number of phenolic OH excluding ortho intramolecular Hbond substituents is 1. The van der Waals surface area contributed by atoms with Crippen LogP contribution in [0.15, 0.2) is 59.8 Å². The number of phenols is 1. The number of nitrogens with one attached hydrogen (secondary N) is 1. The van der Waals surface area contributed by atoms with Crippen LogP contribution >= 0.6 is 0 Å². The van der Waals surface area contributed by atoms with Crippen molar-refractivity contribution in [1.29, 1.82) is 5.26 Å². The van der Waals surface area contributed by atoms with Gasteiger partial charge in [-0.1, -0.05) is 18.2 Å². The fraction of sp³-hybridized carbons (Fsp3) is 0.105. The lowest BCUT2D eigenvalue weighted by Gasteiger charge is -2.00. The highest BCUT2D eigenvalue weighted by molar-refractivity contribution is 6.00. The summed E-state index contributed by atoms with van der Waals surface area (Å²) in [6, 6.07) is 15.9. The Morgan fingerprint density at radius 3 is 2.76 bits per heavy atom. The quantitative estimate of drug-likeness (QED) is 0.556. The average Bonchev–Trinajstić information content (AvgIpc) is 2.98. The van der Waals surface area contributed by atoms with E-state index < -0.39 is 0 Å². The Hall–Kier alpha value is -3.59. The molecule has 0 unspecified atom stereocenters. The van der Waals surface area contributed by atoms with E-state index in [0.29, 0.717) is 18.5 Å². The Morgan fingerprint density at radius 2 is 2.00 bits per heavy atom. The lowest BCUT2D eigenvalue weighted by atomic mass is 10.2. The molecule has 124 valence electrons. The summed E-state index contributed by atoms with van der Waals surface area (Å²) in [5.74, 6) is -0.255. The van der Waals surface area contributed by atoms with Gasteiger partial charge in [-0.15, -0.1) is 0 Å². The van der Waals surface area contributed by atoms with Crippen LogP contribution in [-0.2, 0) is 6.54 Å². The van der Waals surface area contributed by atoms with E-state index in [1.54, 1.807) is 6.21 Å². The van der Waals surface area contributed by atoms with Gasteiger partial charge in [-0.2, -0.15) is 10.4 Å². The summed E-state index contributed by atoms with van der Waals surface area (Å²) in [5.41, 5.74) is 4.76. The largest absolute Gasteiger partial charge is 0.508 e. The monoisotopic (exact) mass is 332 g/mol. The third-order valence-corrected chi connectivity index (χ3v) is 3.78. The third-order valence-electron chi connectivity index (χ3n) is 3.78. The van der Waals surface area contributed by atoms with Gasteiger partial charge in [0.1, 0.15) is 5.75 Å². The first-order valence-corrected chi connectivity index (χ1v) is 7.76. The number of aromatic nitrogens is 1. The number of carbonyl (C=O) groups is 1. The van der Waals surface area contributed by atoms with Gasteiger partial charge in [0.15, 0.2) is 0 Å². The van der Waals surface area contributed by atoms with E-state index in [1.165, 1.54) is 24.3 Å². The summed E-state index contributed by atoms with van der Waals surface area (Å²) >= 11 is 0. The first-order valence-electron chi connectivity index (χ1n) is 7.76. The van der Waals surface area contributed by atoms with Crippen LogP contribution in [0.5, 0.6) is 5.75 Å². The maximum Gasteiger partial charge on any atom is 0.271 e. The van der Waals surface area contributed by atoms with Gasteiger partial charge in [0.2, 0.25) is 0 Å². The summed E-state index contributed by atoms with van der Waals surface area (Å²) < 4.78 is 2.00. The van der Waals surface area contributed by atoms with Crippen molar-refractivity contribution in [3.8, 4) is 11.8 Å². The van der Waals surface area contributed by atoms with E-state index >= 15 is 0 Å². The standard InChI is InChI=1S/C19H16N4O2/c20-10-3-11-23-13-15(17-4-1-2-5-18(17)23)12-21-22-19(25)14-6-8-16(24)9-7-14/h1-2,4-9,12-13,24H,3,11H2,(H,22,25)/b21-12-. The Kier molecular flexibility index (Phi) is 4.77. The number of para-hydroxylation sites is 1. The first-order chi connectivity index (χ1) is 12.2. The Morgan fingerprint density at radius 1 is 1.24 bits per heavy atom. The van der Waals surface area contributed by atoms with Crippen molar-refractivity contribution in [2.45, 2.75) is 13.0 Å². The lowest BCUT2D eigenvalue weighted by molar-refractivity contribution is 0.0955. The number of aryl methyl sites for hydroxylation is 1. The molecular formula is C19H16N4O2. The van der Waals surface area contributed by atoms with E-state index in [1.807, 2.05) is 35.0 Å². The van der Waals surface area contributed by atoms with Crippen LogP contribution in [-0.4, -0.2) is 21.8 Å². The number of benzene rings is 2. The molecule has 1 amide bonds. The zero-order valence-corrected chi connectivity index (χ0v) is 13.4. The smallest absolute Gasteiger partial charge is 0.271 e. The number of nitrogens with zero attached hydrogens (tertiary/aromatic N) is 3. The fourth-order valence-corrected chi connectivity index (χ4v) is 2.57. The molecule has 3 rings (SSSR count). The molecular weight excluding hydrogens is 316 g/mol. The molecule has 0 aliphatic rings. The number of carbonyl (C=O) groups excluding carboxylic acids is 1. The summed E-state index contributed by atoms with van der Waals surface area (Å²) in [7, 11) is 0. The predicted octanol–water partition coefficient (Wildman–Crippen LogP) is 3.02. The normalized spacial score (nSPS) is 10.8. The summed E-state index contributed by atoms with van der Waals surface area (Å²) in [6.07, 6.45) is 3.93. The molecule has 0 aliphatic carbocycles. The number of hydrogen-bond acceptors (Lipinski definition) is 4. The van der Waals surface area contributed by atoms with Crippen molar-refractivity contribution in [2.75, 3.05) is 0 Å². The van der Waals surface area contributed by atoms with E-state index in [2.05, 4.69) is 16.6 Å².